The molecular weight excluding hydrogens is 318 g/mol. The summed E-state index contributed by atoms with van der Waals surface area (Å²) in [6, 6.07) is 12.9. The quantitative estimate of drug-likeness (QED) is 0.791. The molecule has 1 N–H and O–H groups in total. The first kappa shape index (κ1) is 15.5. The summed E-state index contributed by atoms with van der Waals surface area (Å²) >= 11 is 1.78. The van der Waals surface area contributed by atoms with E-state index in [1.807, 2.05) is 19.1 Å². The highest BCUT2D eigenvalue weighted by Crippen LogP contribution is 2.22. The van der Waals surface area contributed by atoms with Crippen LogP contribution in [0.3, 0.4) is 0 Å². The van der Waals surface area contributed by atoms with Crippen molar-refractivity contribution in [1.82, 2.24) is 20.5 Å². The summed E-state index contributed by atoms with van der Waals surface area (Å²) in [6.07, 6.45) is 2.37. The van der Waals surface area contributed by atoms with Crippen LogP contribution in [0.5, 0.6) is 0 Å². The first-order chi connectivity index (χ1) is 11.8. The topological polar surface area (TPSA) is 53.9 Å². The lowest BCUT2D eigenvalue weighted by Crippen LogP contribution is -2.45. The minimum Gasteiger partial charge on any atom is -0.354 e. The van der Waals surface area contributed by atoms with Crippen molar-refractivity contribution in [2.75, 3.05) is 18.0 Å². The Labute approximate surface area is 145 Å². The second-order valence-electron chi connectivity index (χ2n) is 6.27. The Balaban J connectivity index is 1.38. The Bertz CT molecular complexity index is 781. The number of benzene rings is 1. The maximum atomic E-state index is 4.70. The van der Waals surface area contributed by atoms with Crippen molar-refractivity contribution in [2.24, 2.45) is 0 Å². The molecule has 2 aromatic heterocycles. The lowest BCUT2D eigenvalue weighted by molar-refractivity contribution is 0.419. The molecule has 1 atom stereocenters. The smallest absolute Gasteiger partial charge is 0.151 e. The van der Waals surface area contributed by atoms with Gasteiger partial charge in [0, 0.05) is 25.7 Å². The first-order valence-corrected chi connectivity index (χ1v) is 9.23. The average Bonchev–Trinajstić information content (AvgIpc) is 3.04. The lowest BCUT2D eigenvalue weighted by Gasteiger charge is -2.33. The van der Waals surface area contributed by atoms with Gasteiger partial charge in [-0.2, -0.15) is 5.10 Å². The molecule has 1 aliphatic heterocycles. The molecule has 0 spiro atoms. The zero-order valence-corrected chi connectivity index (χ0v) is 14.6. The number of hydrogen-bond acceptors (Lipinski definition) is 6. The van der Waals surface area contributed by atoms with Crippen molar-refractivity contribution in [3.05, 3.63) is 47.1 Å². The van der Waals surface area contributed by atoms with Crippen molar-refractivity contribution in [2.45, 2.75) is 32.4 Å². The summed E-state index contributed by atoms with van der Waals surface area (Å²) < 4.78 is 1.26. The molecule has 0 aliphatic carbocycles. The van der Waals surface area contributed by atoms with Gasteiger partial charge in [0.25, 0.3) is 0 Å². The van der Waals surface area contributed by atoms with Crippen LogP contribution in [0.4, 0.5) is 5.82 Å². The Morgan fingerprint density at radius 2 is 2.12 bits per heavy atom. The van der Waals surface area contributed by atoms with Gasteiger partial charge in [0.05, 0.1) is 15.9 Å². The molecule has 124 valence electrons. The van der Waals surface area contributed by atoms with Gasteiger partial charge in [-0.05, 0) is 44.0 Å². The largest absolute Gasteiger partial charge is 0.354 e. The molecule has 0 radical (unpaired) electrons. The number of thiazole rings is 1. The number of nitrogens with one attached hydrogen (secondary N) is 1. The van der Waals surface area contributed by atoms with Gasteiger partial charge in [-0.25, -0.2) is 4.98 Å². The number of para-hydroxylation sites is 1. The van der Waals surface area contributed by atoms with Crippen LogP contribution in [0.25, 0.3) is 10.2 Å². The molecule has 1 fully saturated rings. The first-order valence-electron chi connectivity index (χ1n) is 8.41. The molecule has 1 aliphatic rings. The Morgan fingerprint density at radius 1 is 1.21 bits per heavy atom. The molecular formula is C18H21N5S. The standard InChI is InChI=1S/C18H21N5S/c1-13-8-9-17(22-21-13)23-10-4-5-14(12-23)19-11-18-20-15-6-2-3-7-16(15)24-18/h2-3,6-9,14,19H,4-5,10-12H2,1H3/t14-/m1/s1. The van der Waals surface area contributed by atoms with Crippen molar-refractivity contribution < 1.29 is 0 Å². The van der Waals surface area contributed by atoms with Gasteiger partial charge < -0.3 is 10.2 Å². The van der Waals surface area contributed by atoms with Gasteiger partial charge >= 0.3 is 0 Å². The van der Waals surface area contributed by atoms with Gasteiger partial charge in [0.2, 0.25) is 0 Å². The Hall–Kier alpha value is -2.05. The van der Waals surface area contributed by atoms with Crippen LogP contribution >= 0.6 is 11.3 Å². The molecule has 24 heavy (non-hydrogen) atoms. The molecule has 1 aromatic carbocycles. The Kier molecular flexibility index (Phi) is 4.40. The maximum absolute atomic E-state index is 4.70. The predicted octanol–water partition coefficient (Wildman–Crippen LogP) is 3.15. The number of aryl methyl sites for hydroxylation is 1. The van der Waals surface area contributed by atoms with Gasteiger partial charge in [0.15, 0.2) is 5.82 Å². The van der Waals surface area contributed by atoms with E-state index in [9.17, 15) is 0 Å². The van der Waals surface area contributed by atoms with Gasteiger partial charge in [-0.3, -0.25) is 0 Å². The predicted molar refractivity (Wildman–Crippen MR) is 98.5 cm³/mol. The SMILES string of the molecule is Cc1ccc(N2CCC[C@@H](NCc3nc4ccccc4s3)C2)nn1. The van der Waals surface area contributed by atoms with Crippen LogP contribution in [-0.4, -0.2) is 34.3 Å². The fraction of sp³-hybridized carbons (Fsp3) is 0.389. The lowest BCUT2D eigenvalue weighted by atomic mass is 10.1. The molecule has 0 saturated carbocycles. The molecule has 5 nitrogen and oxygen atoms in total. The summed E-state index contributed by atoms with van der Waals surface area (Å²) in [5.74, 6) is 0.979. The van der Waals surface area contributed by atoms with E-state index in [0.717, 1.165) is 41.7 Å². The van der Waals surface area contributed by atoms with E-state index in [2.05, 4.69) is 44.7 Å². The monoisotopic (exact) mass is 339 g/mol. The number of nitrogens with zero attached hydrogens (tertiary/aromatic N) is 4. The summed E-state index contributed by atoms with van der Waals surface area (Å²) in [5.41, 5.74) is 2.06. The van der Waals surface area contributed by atoms with Crippen LogP contribution in [0.2, 0.25) is 0 Å². The molecule has 0 unspecified atom stereocenters. The number of fused-ring (bicyclic) bond motifs is 1. The highest BCUT2D eigenvalue weighted by molar-refractivity contribution is 7.18. The summed E-state index contributed by atoms with van der Waals surface area (Å²) in [5, 5.41) is 13.3. The third-order valence-corrected chi connectivity index (χ3v) is 5.45. The van der Waals surface area contributed by atoms with Gasteiger partial charge in [-0.15, -0.1) is 16.4 Å². The molecule has 0 bridgehead atoms. The average molecular weight is 339 g/mol. The highest BCUT2D eigenvalue weighted by atomic mass is 32.1. The molecule has 4 rings (SSSR count). The van der Waals surface area contributed by atoms with Crippen molar-refractivity contribution >= 4 is 27.4 Å². The summed E-state index contributed by atoms with van der Waals surface area (Å²) in [7, 11) is 0. The van der Waals surface area contributed by atoms with Crippen LogP contribution < -0.4 is 10.2 Å². The van der Waals surface area contributed by atoms with Crippen LogP contribution in [-0.2, 0) is 6.54 Å². The number of hydrogen-bond donors (Lipinski definition) is 1. The second kappa shape index (κ2) is 6.83. The van der Waals surface area contributed by atoms with E-state index < -0.39 is 0 Å². The van der Waals surface area contributed by atoms with E-state index in [0.29, 0.717) is 6.04 Å². The maximum Gasteiger partial charge on any atom is 0.151 e. The zero-order valence-electron chi connectivity index (χ0n) is 13.8. The van der Waals surface area contributed by atoms with Crippen molar-refractivity contribution in [3.8, 4) is 0 Å². The molecule has 6 heteroatoms. The minimum absolute atomic E-state index is 0.467. The molecule has 1 saturated heterocycles. The van der Waals surface area contributed by atoms with E-state index in [4.69, 9.17) is 4.98 Å². The second-order valence-corrected chi connectivity index (χ2v) is 7.39. The number of aromatic nitrogens is 3. The van der Waals surface area contributed by atoms with Crippen molar-refractivity contribution in [1.29, 1.82) is 0 Å². The molecule has 3 heterocycles. The van der Waals surface area contributed by atoms with E-state index in [1.54, 1.807) is 11.3 Å². The van der Waals surface area contributed by atoms with Crippen LogP contribution in [0, 0.1) is 6.92 Å². The third kappa shape index (κ3) is 3.39. The fourth-order valence-electron chi connectivity index (χ4n) is 3.14. The normalized spacial score (nSPS) is 18.2. The highest BCUT2D eigenvalue weighted by Gasteiger charge is 2.21. The van der Waals surface area contributed by atoms with Crippen LogP contribution in [0.1, 0.15) is 23.5 Å². The Morgan fingerprint density at radius 3 is 2.96 bits per heavy atom. The number of piperidine rings is 1. The summed E-state index contributed by atoms with van der Waals surface area (Å²) in [4.78, 5) is 7.03. The fourth-order valence-corrected chi connectivity index (χ4v) is 4.06. The third-order valence-electron chi connectivity index (χ3n) is 4.41. The van der Waals surface area contributed by atoms with E-state index in [1.165, 1.54) is 17.5 Å². The van der Waals surface area contributed by atoms with E-state index in [-0.39, 0.29) is 0 Å². The van der Waals surface area contributed by atoms with Gasteiger partial charge in [0.1, 0.15) is 5.01 Å². The van der Waals surface area contributed by atoms with Crippen molar-refractivity contribution in [3.63, 3.8) is 0 Å². The molecule has 0 amide bonds. The summed E-state index contributed by atoms with van der Waals surface area (Å²) in [6.45, 7) is 4.83. The number of rotatable bonds is 4. The minimum atomic E-state index is 0.467. The van der Waals surface area contributed by atoms with Gasteiger partial charge in [-0.1, -0.05) is 12.1 Å². The zero-order chi connectivity index (χ0) is 16.4. The molecule has 3 aromatic rings. The number of anilines is 1. The van der Waals surface area contributed by atoms with Crippen LogP contribution in [0.15, 0.2) is 36.4 Å². The van der Waals surface area contributed by atoms with E-state index >= 15 is 0 Å².